The van der Waals surface area contributed by atoms with Crippen molar-refractivity contribution in [1.82, 2.24) is 14.7 Å². The third-order valence-corrected chi connectivity index (χ3v) is 7.71. The van der Waals surface area contributed by atoms with E-state index in [1.54, 1.807) is 0 Å². The van der Waals surface area contributed by atoms with Gasteiger partial charge in [0.1, 0.15) is 6.04 Å². The molecule has 174 valence electrons. The second-order valence-corrected chi connectivity index (χ2v) is 9.87. The molecule has 0 spiro atoms. The summed E-state index contributed by atoms with van der Waals surface area (Å²) in [6.07, 6.45) is 6.26. The van der Waals surface area contributed by atoms with Crippen LogP contribution in [0.4, 0.5) is 0 Å². The number of carbonyl (C=O) groups excluding carboxylic acids is 2. The number of fused-ring (bicyclic) bond motifs is 1. The molecule has 2 fully saturated rings. The van der Waals surface area contributed by atoms with Crippen LogP contribution < -0.4 is 0 Å². The molecule has 0 N–H and O–H groups in total. The topological polar surface area (TPSA) is 43.9 Å². The van der Waals surface area contributed by atoms with Crippen molar-refractivity contribution < 1.29 is 9.59 Å². The van der Waals surface area contributed by atoms with Crippen LogP contribution in [0.5, 0.6) is 0 Å². The Morgan fingerprint density at radius 3 is 2.24 bits per heavy atom. The highest BCUT2D eigenvalue weighted by atomic mass is 16.2. The molecule has 2 aromatic carbocycles. The first kappa shape index (κ1) is 22.1. The highest BCUT2D eigenvalue weighted by Crippen LogP contribution is 2.32. The van der Waals surface area contributed by atoms with Crippen molar-refractivity contribution in [2.45, 2.75) is 44.6 Å². The SMILES string of the molecule is O=C(CN1CCc2ccccc2[C@H]1C(=O)N1CCCC1)N1CCC(Cc2ccccc2)CC1. The van der Waals surface area contributed by atoms with Crippen molar-refractivity contribution in [3.63, 3.8) is 0 Å². The van der Waals surface area contributed by atoms with Gasteiger partial charge in [0.05, 0.1) is 6.54 Å². The Balaban J connectivity index is 1.23. The number of amides is 2. The molecule has 0 unspecified atom stereocenters. The van der Waals surface area contributed by atoms with Gasteiger partial charge in [-0.15, -0.1) is 0 Å². The average Bonchev–Trinajstić information content (AvgIpc) is 3.40. The maximum absolute atomic E-state index is 13.5. The van der Waals surface area contributed by atoms with Gasteiger partial charge in [-0.25, -0.2) is 0 Å². The third-order valence-electron chi connectivity index (χ3n) is 7.71. The standard InChI is InChI=1S/C28H35N3O2/c32-26(29-17-12-23(13-18-29)20-22-8-2-1-3-9-22)21-31-19-14-24-10-4-5-11-25(24)27(31)28(33)30-15-6-7-16-30/h1-5,8-11,23,27H,6-7,12-21H2/t27-/m0/s1. The van der Waals surface area contributed by atoms with E-state index in [2.05, 4.69) is 53.4 Å². The minimum absolute atomic E-state index is 0.173. The molecule has 3 heterocycles. The summed E-state index contributed by atoms with van der Waals surface area (Å²) in [5.41, 5.74) is 3.73. The van der Waals surface area contributed by atoms with Gasteiger partial charge in [0.2, 0.25) is 11.8 Å². The number of nitrogens with zero attached hydrogens (tertiary/aromatic N) is 3. The van der Waals surface area contributed by atoms with Gasteiger partial charge in [0.25, 0.3) is 0 Å². The van der Waals surface area contributed by atoms with Crippen molar-refractivity contribution in [2.75, 3.05) is 39.3 Å². The van der Waals surface area contributed by atoms with E-state index in [4.69, 9.17) is 0 Å². The largest absolute Gasteiger partial charge is 0.342 e. The van der Waals surface area contributed by atoms with Crippen LogP contribution in [0.3, 0.4) is 0 Å². The summed E-state index contributed by atoms with van der Waals surface area (Å²) >= 11 is 0. The first-order valence-electron chi connectivity index (χ1n) is 12.6. The minimum Gasteiger partial charge on any atom is -0.342 e. The van der Waals surface area contributed by atoms with E-state index >= 15 is 0 Å². The average molecular weight is 446 g/mol. The molecule has 2 amide bonds. The zero-order chi connectivity index (χ0) is 22.6. The molecule has 3 aliphatic rings. The van der Waals surface area contributed by atoms with Gasteiger partial charge in [-0.3, -0.25) is 14.5 Å². The number of likely N-dealkylation sites (tertiary alicyclic amines) is 2. The Kier molecular flexibility index (Phi) is 6.77. The van der Waals surface area contributed by atoms with Crippen molar-refractivity contribution in [2.24, 2.45) is 5.92 Å². The maximum Gasteiger partial charge on any atom is 0.244 e. The van der Waals surface area contributed by atoms with E-state index in [0.717, 1.165) is 76.8 Å². The molecule has 5 nitrogen and oxygen atoms in total. The van der Waals surface area contributed by atoms with E-state index < -0.39 is 0 Å². The van der Waals surface area contributed by atoms with Crippen molar-refractivity contribution in [1.29, 1.82) is 0 Å². The first-order valence-corrected chi connectivity index (χ1v) is 12.6. The van der Waals surface area contributed by atoms with E-state index in [9.17, 15) is 9.59 Å². The molecular formula is C28H35N3O2. The predicted molar refractivity (Wildman–Crippen MR) is 130 cm³/mol. The first-order chi connectivity index (χ1) is 16.2. The Bertz CT molecular complexity index is 962. The molecule has 0 radical (unpaired) electrons. The van der Waals surface area contributed by atoms with Crippen LogP contribution >= 0.6 is 0 Å². The molecule has 33 heavy (non-hydrogen) atoms. The van der Waals surface area contributed by atoms with E-state index in [0.29, 0.717) is 12.5 Å². The Morgan fingerprint density at radius 1 is 0.788 bits per heavy atom. The molecular weight excluding hydrogens is 410 g/mol. The highest BCUT2D eigenvalue weighted by molar-refractivity contribution is 5.86. The lowest BCUT2D eigenvalue weighted by atomic mass is 9.90. The monoisotopic (exact) mass is 445 g/mol. The fourth-order valence-corrected chi connectivity index (χ4v) is 5.80. The summed E-state index contributed by atoms with van der Waals surface area (Å²) in [6, 6.07) is 18.6. The molecule has 2 aromatic rings. The summed E-state index contributed by atoms with van der Waals surface area (Å²) in [7, 11) is 0. The molecule has 5 rings (SSSR count). The van der Waals surface area contributed by atoms with Gasteiger partial charge in [0.15, 0.2) is 0 Å². The van der Waals surface area contributed by atoms with Crippen LogP contribution in [0, 0.1) is 5.92 Å². The second-order valence-electron chi connectivity index (χ2n) is 9.87. The lowest BCUT2D eigenvalue weighted by molar-refractivity contribution is -0.140. The number of carbonyl (C=O) groups is 2. The van der Waals surface area contributed by atoms with Crippen LogP contribution in [0.25, 0.3) is 0 Å². The molecule has 2 saturated heterocycles. The van der Waals surface area contributed by atoms with E-state index in [1.165, 1.54) is 11.1 Å². The summed E-state index contributed by atoms with van der Waals surface area (Å²) in [6.45, 7) is 4.43. The summed E-state index contributed by atoms with van der Waals surface area (Å²) < 4.78 is 0. The summed E-state index contributed by atoms with van der Waals surface area (Å²) in [5.74, 6) is 0.989. The van der Waals surface area contributed by atoms with Crippen LogP contribution in [0.1, 0.15) is 48.4 Å². The zero-order valence-corrected chi connectivity index (χ0v) is 19.5. The number of hydrogen-bond donors (Lipinski definition) is 0. The highest BCUT2D eigenvalue weighted by Gasteiger charge is 2.37. The van der Waals surface area contributed by atoms with Gasteiger partial charge in [-0.2, -0.15) is 0 Å². The maximum atomic E-state index is 13.5. The number of benzene rings is 2. The van der Waals surface area contributed by atoms with Crippen molar-refractivity contribution in [3.8, 4) is 0 Å². The molecule has 0 bridgehead atoms. The molecule has 5 heteroatoms. The lowest BCUT2D eigenvalue weighted by Gasteiger charge is -2.39. The normalized spacial score (nSPS) is 21.8. The fraction of sp³-hybridized carbons (Fsp3) is 0.500. The Labute approximate surface area is 197 Å². The predicted octanol–water partition coefficient (Wildman–Crippen LogP) is 3.69. The van der Waals surface area contributed by atoms with E-state index in [-0.39, 0.29) is 17.9 Å². The van der Waals surface area contributed by atoms with Gasteiger partial charge >= 0.3 is 0 Å². The Hall–Kier alpha value is -2.66. The molecule has 3 aliphatic heterocycles. The van der Waals surface area contributed by atoms with Crippen LogP contribution in [0.15, 0.2) is 54.6 Å². The summed E-state index contributed by atoms with van der Waals surface area (Å²) in [5, 5.41) is 0. The van der Waals surface area contributed by atoms with Crippen molar-refractivity contribution in [3.05, 3.63) is 71.3 Å². The van der Waals surface area contributed by atoms with Crippen LogP contribution in [0.2, 0.25) is 0 Å². The van der Waals surface area contributed by atoms with Gasteiger partial charge < -0.3 is 9.80 Å². The van der Waals surface area contributed by atoms with Gasteiger partial charge in [-0.1, -0.05) is 54.6 Å². The molecule has 0 saturated carbocycles. The van der Waals surface area contributed by atoms with E-state index in [1.807, 2.05) is 15.9 Å². The number of hydrogen-bond acceptors (Lipinski definition) is 3. The van der Waals surface area contributed by atoms with Crippen LogP contribution in [-0.2, 0) is 22.4 Å². The van der Waals surface area contributed by atoms with Gasteiger partial charge in [-0.05, 0) is 61.1 Å². The minimum atomic E-state index is -0.326. The van der Waals surface area contributed by atoms with Crippen molar-refractivity contribution >= 4 is 11.8 Å². The number of rotatable bonds is 5. The van der Waals surface area contributed by atoms with Gasteiger partial charge in [0, 0.05) is 32.7 Å². The quantitative estimate of drug-likeness (QED) is 0.705. The lowest BCUT2D eigenvalue weighted by Crippen LogP contribution is -2.50. The fourth-order valence-electron chi connectivity index (χ4n) is 5.80. The molecule has 0 aromatic heterocycles. The molecule has 0 aliphatic carbocycles. The zero-order valence-electron chi connectivity index (χ0n) is 19.5. The Morgan fingerprint density at radius 2 is 1.48 bits per heavy atom. The third kappa shape index (κ3) is 4.98. The van der Waals surface area contributed by atoms with Crippen LogP contribution in [-0.4, -0.2) is 65.8 Å². The smallest absolute Gasteiger partial charge is 0.244 e. The molecule has 1 atom stereocenters. The second kappa shape index (κ2) is 10.1. The number of piperidine rings is 1. The summed E-state index contributed by atoms with van der Waals surface area (Å²) in [4.78, 5) is 33.0.